The Kier molecular flexibility index (Phi) is 11.0. The van der Waals surface area contributed by atoms with Gasteiger partial charge < -0.3 is 20.3 Å². The second kappa shape index (κ2) is 14.2. The van der Waals surface area contributed by atoms with Gasteiger partial charge in [-0.05, 0) is 93.1 Å². The second-order valence-electron chi connectivity index (χ2n) is 11.1. The summed E-state index contributed by atoms with van der Waals surface area (Å²) in [4.78, 5) is 42.6. The Morgan fingerprint density at radius 2 is 1.71 bits per heavy atom. The van der Waals surface area contributed by atoms with E-state index in [1.54, 1.807) is 43.5 Å². The highest BCUT2D eigenvalue weighted by atomic mass is 32.2. The van der Waals surface area contributed by atoms with E-state index in [9.17, 15) is 14.4 Å². The number of rotatable bonds is 11. The van der Waals surface area contributed by atoms with Gasteiger partial charge in [-0.3, -0.25) is 9.59 Å². The van der Waals surface area contributed by atoms with Crippen molar-refractivity contribution in [3.8, 4) is 0 Å². The van der Waals surface area contributed by atoms with Gasteiger partial charge in [0.2, 0.25) is 5.91 Å². The van der Waals surface area contributed by atoms with Gasteiger partial charge in [0.1, 0.15) is 17.7 Å². The van der Waals surface area contributed by atoms with Gasteiger partial charge in [0.05, 0.1) is 0 Å². The first kappa shape index (κ1) is 31.7. The van der Waals surface area contributed by atoms with E-state index in [1.165, 1.54) is 0 Å². The number of ether oxygens (including phenoxy) is 1. The number of amides is 3. The van der Waals surface area contributed by atoms with Gasteiger partial charge in [0.15, 0.2) is 0 Å². The lowest BCUT2D eigenvalue weighted by molar-refractivity contribution is -0.143. The van der Waals surface area contributed by atoms with Crippen LogP contribution in [0.15, 0.2) is 73.3 Å². The van der Waals surface area contributed by atoms with Crippen molar-refractivity contribution in [2.45, 2.75) is 64.8 Å². The third-order valence-electron chi connectivity index (χ3n) is 6.42. The summed E-state index contributed by atoms with van der Waals surface area (Å²) in [5.74, 6) is -0.0788. The molecule has 0 aromatic heterocycles. The van der Waals surface area contributed by atoms with Gasteiger partial charge in [-0.2, -0.15) is 11.8 Å². The predicted octanol–water partition coefficient (Wildman–Crippen LogP) is 7.05. The first-order valence-electron chi connectivity index (χ1n) is 13.8. The Morgan fingerprint density at radius 3 is 2.34 bits per heavy atom. The standard InChI is InChI=1S/C33H41N3O4S/c1-8-23-12-11-15-26(20-23)29(30(37)34-27-17-16-24-13-9-10-14-25(24)21-27)36(22(2)3)31(38)28(18-19-41-7)35-32(39)40-33(4,5)6/h8-17,20-22,28-29H,1,18-19H2,2-7H3,(H,34,37)(H,35,39). The van der Waals surface area contributed by atoms with Crippen LogP contribution in [0.3, 0.4) is 0 Å². The molecule has 2 unspecified atom stereocenters. The fourth-order valence-corrected chi connectivity index (χ4v) is 5.05. The van der Waals surface area contributed by atoms with Crippen LogP contribution in [0.25, 0.3) is 16.8 Å². The number of hydrogen-bond donors (Lipinski definition) is 2. The topological polar surface area (TPSA) is 87.7 Å². The molecule has 3 amide bonds. The average Bonchev–Trinajstić information content (AvgIpc) is 2.92. The maximum absolute atomic E-state index is 14.2. The maximum Gasteiger partial charge on any atom is 0.408 e. The van der Waals surface area contributed by atoms with E-state index >= 15 is 0 Å². The molecule has 3 aromatic carbocycles. The van der Waals surface area contributed by atoms with Crippen molar-refractivity contribution >= 4 is 52.2 Å². The monoisotopic (exact) mass is 575 g/mol. The fraction of sp³-hybridized carbons (Fsp3) is 0.364. The van der Waals surface area contributed by atoms with E-state index in [0.717, 1.165) is 16.3 Å². The van der Waals surface area contributed by atoms with Gasteiger partial charge in [-0.25, -0.2) is 4.79 Å². The predicted molar refractivity (Wildman–Crippen MR) is 170 cm³/mol. The lowest BCUT2D eigenvalue weighted by Crippen LogP contribution is -2.54. The molecule has 0 saturated carbocycles. The minimum Gasteiger partial charge on any atom is -0.444 e. The largest absolute Gasteiger partial charge is 0.444 e. The molecule has 218 valence electrons. The maximum atomic E-state index is 14.2. The highest BCUT2D eigenvalue weighted by molar-refractivity contribution is 7.98. The van der Waals surface area contributed by atoms with E-state index < -0.39 is 23.8 Å². The summed E-state index contributed by atoms with van der Waals surface area (Å²) in [5, 5.41) is 7.86. The first-order chi connectivity index (χ1) is 19.4. The molecule has 0 bridgehead atoms. The molecule has 2 atom stereocenters. The highest BCUT2D eigenvalue weighted by Crippen LogP contribution is 2.29. The highest BCUT2D eigenvalue weighted by Gasteiger charge is 2.37. The van der Waals surface area contributed by atoms with Crippen LogP contribution in [0.4, 0.5) is 10.5 Å². The molecule has 3 rings (SSSR count). The third kappa shape index (κ3) is 8.85. The minimum atomic E-state index is -0.967. The van der Waals surface area contributed by atoms with Crippen LogP contribution >= 0.6 is 11.8 Å². The average molecular weight is 576 g/mol. The first-order valence-corrected chi connectivity index (χ1v) is 15.2. The summed E-state index contributed by atoms with van der Waals surface area (Å²) in [6.07, 6.45) is 3.35. The van der Waals surface area contributed by atoms with Crippen molar-refractivity contribution in [2.24, 2.45) is 0 Å². The SMILES string of the molecule is C=Cc1cccc(C(C(=O)Nc2ccc3ccccc3c2)N(C(=O)C(CCSC)NC(=O)OC(C)(C)C)C(C)C)c1. The molecule has 8 heteroatoms. The van der Waals surface area contributed by atoms with Gasteiger partial charge >= 0.3 is 6.09 Å². The smallest absolute Gasteiger partial charge is 0.408 e. The molecular formula is C33H41N3O4S. The summed E-state index contributed by atoms with van der Waals surface area (Å²) < 4.78 is 5.46. The summed E-state index contributed by atoms with van der Waals surface area (Å²) >= 11 is 1.57. The van der Waals surface area contributed by atoms with Crippen LogP contribution in [0.1, 0.15) is 58.2 Å². The summed E-state index contributed by atoms with van der Waals surface area (Å²) in [6, 6.07) is 18.8. The molecule has 0 saturated heterocycles. The van der Waals surface area contributed by atoms with Crippen LogP contribution in [0.5, 0.6) is 0 Å². The van der Waals surface area contributed by atoms with Crippen molar-refractivity contribution in [2.75, 3.05) is 17.3 Å². The number of fused-ring (bicyclic) bond motifs is 1. The van der Waals surface area contributed by atoms with Gasteiger partial charge in [0.25, 0.3) is 5.91 Å². The molecule has 3 aromatic rings. The van der Waals surface area contributed by atoms with E-state index in [0.29, 0.717) is 23.4 Å². The van der Waals surface area contributed by atoms with Gasteiger partial charge in [-0.1, -0.05) is 61.2 Å². The number of nitrogens with zero attached hydrogens (tertiary/aromatic N) is 1. The normalized spacial score (nSPS) is 12.9. The molecule has 0 spiro atoms. The zero-order valence-electron chi connectivity index (χ0n) is 24.8. The third-order valence-corrected chi connectivity index (χ3v) is 7.06. The van der Waals surface area contributed by atoms with Crippen molar-refractivity contribution in [3.05, 3.63) is 84.4 Å². The van der Waals surface area contributed by atoms with E-state index in [1.807, 2.05) is 86.8 Å². The molecule has 0 aliphatic carbocycles. The number of carbonyl (C=O) groups excluding carboxylic acids is 3. The number of anilines is 1. The van der Waals surface area contributed by atoms with Crippen molar-refractivity contribution < 1.29 is 19.1 Å². The van der Waals surface area contributed by atoms with E-state index in [4.69, 9.17) is 4.74 Å². The van der Waals surface area contributed by atoms with Gasteiger partial charge in [0, 0.05) is 11.7 Å². The minimum absolute atomic E-state index is 0.357. The Balaban J connectivity index is 2.03. The lowest BCUT2D eigenvalue weighted by Gasteiger charge is -2.37. The van der Waals surface area contributed by atoms with Crippen molar-refractivity contribution in [3.63, 3.8) is 0 Å². The van der Waals surface area contributed by atoms with Crippen LogP contribution in [-0.2, 0) is 14.3 Å². The lowest BCUT2D eigenvalue weighted by atomic mass is 9.98. The van der Waals surface area contributed by atoms with Crippen molar-refractivity contribution in [1.29, 1.82) is 0 Å². The number of benzene rings is 3. The summed E-state index contributed by atoms with van der Waals surface area (Å²) in [5.41, 5.74) is 1.37. The molecule has 41 heavy (non-hydrogen) atoms. The number of thioether (sulfide) groups is 1. The van der Waals surface area contributed by atoms with Gasteiger partial charge in [-0.15, -0.1) is 0 Å². The van der Waals surface area contributed by atoms with Crippen LogP contribution < -0.4 is 10.6 Å². The number of nitrogens with one attached hydrogen (secondary N) is 2. The summed E-state index contributed by atoms with van der Waals surface area (Å²) in [6.45, 7) is 12.9. The number of carbonyl (C=O) groups is 3. The number of hydrogen-bond acceptors (Lipinski definition) is 5. The molecule has 7 nitrogen and oxygen atoms in total. The molecule has 0 radical (unpaired) electrons. The van der Waals surface area contributed by atoms with Crippen LogP contribution in [-0.4, -0.2) is 52.5 Å². The second-order valence-corrected chi connectivity index (χ2v) is 12.1. The Bertz CT molecular complexity index is 1380. The zero-order chi connectivity index (χ0) is 30.2. The molecule has 0 fully saturated rings. The Morgan fingerprint density at radius 1 is 1.00 bits per heavy atom. The van der Waals surface area contributed by atoms with Crippen LogP contribution in [0, 0.1) is 0 Å². The Labute approximate surface area is 247 Å². The zero-order valence-corrected chi connectivity index (χ0v) is 25.6. The molecule has 0 aliphatic heterocycles. The van der Waals surface area contributed by atoms with E-state index in [2.05, 4.69) is 17.2 Å². The summed E-state index contributed by atoms with van der Waals surface area (Å²) in [7, 11) is 0. The molecule has 2 N–H and O–H groups in total. The Hall–Kier alpha value is -3.78. The van der Waals surface area contributed by atoms with Crippen molar-refractivity contribution in [1.82, 2.24) is 10.2 Å². The quantitative estimate of drug-likeness (QED) is 0.256. The van der Waals surface area contributed by atoms with Crippen LogP contribution in [0.2, 0.25) is 0 Å². The molecule has 0 heterocycles. The molecule has 0 aliphatic rings. The fourth-order valence-electron chi connectivity index (χ4n) is 4.57. The number of alkyl carbamates (subject to hydrolysis) is 1. The van der Waals surface area contributed by atoms with E-state index in [-0.39, 0.29) is 17.9 Å². The molecular weight excluding hydrogens is 534 g/mol.